The van der Waals surface area contributed by atoms with Crippen molar-refractivity contribution >= 4 is 46.1 Å². The third kappa shape index (κ3) is 5.09. The van der Waals surface area contributed by atoms with Crippen molar-refractivity contribution in [2.75, 3.05) is 36.5 Å². The van der Waals surface area contributed by atoms with E-state index in [9.17, 15) is 4.79 Å². The van der Waals surface area contributed by atoms with E-state index in [0.29, 0.717) is 54.6 Å². The van der Waals surface area contributed by atoms with Gasteiger partial charge >= 0.3 is 0 Å². The number of morpholine rings is 1. The zero-order chi connectivity index (χ0) is 27.5. The fourth-order valence-corrected chi connectivity index (χ4v) is 4.62. The quantitative estimate of drug-likeness (QED) is 0.232. The molecule has 4 aromatic rings. The SMILES string of the molecule is N=C(NC1N=C(c2ccccc2)c2ccccc2NC1=O)OC(=N)c1nc2ccccc2nc1N1CCOCC1. The highest BCUT2D eigenvalue weighted by atomic mass is 16.5. The summed E-state index contributed by atoms with van der Waals surface area (Å²) in [5.74, 6) is -0.355. The molecule has 0 aliphatic carbocycles. The number of para-hydroxylation sites is 3. The minimum absolute atomic E-state index is 0.193. The topological polar surface area (TPSA) is 149 Å². The van der Waals surface area contributed by atoms with Crippen molar-refractivity contribution in [2.45, 2.75) is 6.17 Å². The first-order valence-corrected chi connectivity index (χ1v) is 12.8. The van der Waals surface area contributed by atoms with E-state index >= 15 is 0 Å². The Kier molecular flexibility index (Phi) is 6.86. The van der Waals surface area contributed by atoms with Gasteiger partial charge in [0.25, 0.3) is 11.9 Å². The van der Waals surface area contributed by atoms with E-state index in [-0.39, 0.29) is 11.6 Å². The summed E-state index contributed by atoms with van der Waals surface area (Å²) < 4.78 is 11.0. The van der Waals surface area contributed by atoms with Gasteiger partial charge < -0.3 is 25.0 Å². The van der Waals surface area contributed by atoms with Gasteiger partial charge in [-0.1, -0.05) is 60.7 Å². The van der Waals surface area contributed by atoms with Crippen LogP contribution in [0, 0.1) is 10.8 Å². The highest BCUT2D eigenvalue weighted by molar-refractivity contribution is 6.19. The maximum Gasteiger partial charge on any atom is 0.290 e. The zero-order valence-corrected chi connectivity index (χ0v) is 21.4. The van der Waals surface area contributed by atoms with Crippen LogP contribution in [-0.2, 0) is 14.3 Å². The third-order valence-corrected chi connectivity index (χ3v) is 6.54. The fraction of sp³-hybridized carbons (Fsp3) is 0.172. The number of nitrogens with one attached hydrogen (secondary N) is 4. The molecule has 11 heteroatoms. The van der Waals surface area contributed by atoms with Crippen molar-refractivity contribution < 1.29 is 14.3 Å². The van der Waals surface area contributed by atoms with Crippen LogP contribution in [0.25, 0.3) is 11.0 Å². The number of hydrogen-bond acceptors (Lipinski definition) is 9. The van der Waals surface area contributed by atoms with E-state index in [2.05, 4.69) is 20.6 Å². The number of anilines is 2. The molecule has 1 aromatic heterocycles. The molecule has 0 spiro atoms. The molecular weight excluding hydrogens is 508 g/mol. The smallest absolute Gasteiger partial charge is 0.290 e. The van der Waals surface area contributed by atoms with Crippen LogP contribution >= 0.6 is 0 Å². The third-order valence-electron chi connectivity index (χ3n) is 6.54. The van der Waals surface area contributed by atoms with Crippen molar-refractivity contribution in [3.63, 3.8) is 0 Å². The molecule has 11 nitrogen and oxygen atoms in total. The summed E-state index contributed by atoms with van der Waals surface area (Å²) in [5.41, 5.74) is 4.25. The predicted molar refractivity (Wildman–Crippen MR) is 152 cm³/mol. The largest absolute Gasteiger partial charge is 0.405 e. The van der Waals surface area contributed by atoms with Crippen LogP contribution in [0.5, 0.6) is 0 Å². The second-order valence-electron chi connectivity index (χ2n) is 9.17. The van der Waals surface area contributed by atoms with Gasteiger partial charge in [0, 0.05) is 24.2 Å². The van der Waals surface area contributed by atoms with Crippen LogP contribution < -0.4 is 15.5 Å². The van der Waals surface area contributed by atoms with Gasteiger partial charge in [-0.15, -0.1) is 0 Å². The molecule has 0 radical (unpaired) electrons. The van der Waals surface area contributed by atoms with Gasteiger partial charge in [-0.05, 0) is 18.2 Å². The molecule has 1 unspecified atom stereocenters. The first-order valence-electron chi connectivity index (χ1n) is 12.8. The number of fused-ring (bicyclic) bond motifs is 2. The van der Waals surface area contributed by atoms with E-state index in [1.165, 1.54) is 0 Å². The molecule has 0 saturated carbocycles. The number of benzodiazepines with no additional fused rings is 1. The zero-order valence-electron chi connectivity index (χ0n) is 21.4. The summed E-state index contributed by atoms with van der Waals surface area (Å²) in [5, 5.41) is 22.7. The maximum atomic E-state index is 13.1. The highest BCUT2D eigenvalue weighted by Crippen LogP contribution is 2.25. The molecule has 1 saturated heterocycles. The molecule has 40 heavy (non-hydrogen) atoms. The molecule has 3 heterocycles. The van der Waals surface area contributed by atoms with E-state index in [1.807, 2.05) is 71.6 Å². The number of hydrogen-bond donors (Lipinski definition) is 4. The molecule has 6 rings (SSSR count). The summed E-state index contributed by atoms with van der Waals surface area (Å²) in [6, 6.07) is 23.8. The molecule has 2 aliphatic heterocycles. The van der Waals surface area contributed by atoms with Crippen LogP contribution in [0.15, 0.2) is 83.9 Å². The normalized spacial score (nSPS) is 16.8. The first kappa shape index (κ1) is 25.1. The van der Waals surface area contributed by atoms with Gasteiger partial charge in [0.2, 0.25) is 12.1 Å². The Hall–Kier alpha value is -5.16. The van der Waals surface area contributed by atoms with Crippen molar-refractivity contribution in [1.29, 1.82) is 10.8 Å². The Labute approximate surface area is 229 Å². The summed E-state index contributed by atoms with van der Waals surface area (Å²) in [7, 11) is 0. The Morgan fingerprint density at radius 1 is 0.925 bits per heavy atom. The van der Waals surface area contributed by atoms with Crippen molar-refractivity contribution in [3.8, 4) is 0 Å². The predicted octanol–water partition coefficient (Wildman–Crippen LogP) is 3.15. The summed E-state index contributed by atoms with van der Waals surface area (Å²) >= 11 is 0. The van der Waals surface area contributed by atoms with E-state index in [4.69, 9.17) is 25.3 Å². The standard InChI is InChI=1S/C29H26N8O3/c30-25(24-27(37-14-16-39-17-15-37)33-22-13-7-6-12-21(22)32-24)40-29(31)36-26-28(38)34-20-11-5-4-10-19(20)23(35-26)18-8-2-1-3-9-18/h1-13,26,30H,14-17H2,(H2,31,36)(H,34,38). The van der Waals surface area contributed by atoms with Gasteiger partial charge in [-0.2, -0.15) is 0 Å². The van der Waals surface area contributed by atoms with E-state index in [0.717, 1.165) is 11.1 Å². The monoisotopic (exact) mass is 534 g/mol. The van der Waals surface area contributed by atoms with Gasteiger partial charge in [0.15, 0.2) is 11.5 Å². The minimum Gasteiger partial charge on any atom is -0.405 e. The van der Waals surface area contributed by atoms with E-state index in [1.54, 1.807) is 12.1 Å². The molecule has 0 bridgehead atoms. The average molecular weight is 535 g/mol. The van der Waals surface area contributed by atoms with Gasteiger partial charge in [0.05, 0.1) is 35.6 Å². The lowest BCUT2D eigenvalue weighted by molar-refractivity contribution is -0.117. The van der Waals surface area contributed by atoms with Crippen LogP contribution in [-0.4, -0.2) is 66.0 Å². The second-order valence-corrected chi connectivity index (χ2v) is 9.17. The fourth-order valence-electron chi connectivity index (χ4n) is 4.62. The lowest BCUT2D eigenvalue weighted by Gasteiger charge is -2.29. The Morgan fingerprint density at radius 2 is 1.60 bits per heavy atom. The number of benzene rings is 3. The number of carbonyl (C=O) groups excluding carboxylic acids is 1. The van der Waals surface area contributed by atoms with E-state index < -0.39 is 18.1 Å². The number of amidine groups is 1. The van der Waals surface area contributed by atoms with Gasteiger partial charge in [-0.25, -0.2) is 15.0 Å². The number of aromatic nitrogens is 2. The number of ether oxygens (including phenoxy) is 2. The molecule has 1 amide bonds. The number of carbonyl (C=O) groups is 1. The number of aliphatic imine (C=N–C) groups is 1. The summed E-state index contributed by atoms with van der Waals surface area (Å²) in [6.07, 6.45) is -1.18. The van der Waals surface area contributed by atoms with Crippen LogP contribution in [0.3, 0.4) is 0 Å². The lowest BCUT2D eigenvalue weighted by atomic mass is 10.0. The van der Waals surface area contributed by atoms with Crippen LogP contribution in [0.4, 0.5) is 11.5 Å². The first-order chi connectivity index (χ1) is 19.6. The van der Waals surface area contributed by atoms with Gasteiger partial charge in [-0.3, -0.25) is 15.6 Å². The summed E-state index contributed by atoms with van der Waals surface area (Å²) in [4.78, 5) is 29.2. The molecule has 4 N–H and O–H groups in total. The maximum absolute atomic E-state index is 13.1. The Bertz CT molecular complexity index is 1630. The van der Waals surface area contributed by atoms with Crippen molar-refractivity contribution in [2.24, 2.45) is 4.99 Å². The van der Waals surface area contributed by atoms with Gasteiger partial charge in [0.1, 0.15) is 0 Å². The molecular formula is C29H26N8O3. The minimum atomic E-state index is -1.18. The average Bonchev–Trinajstić information content (AvgIpc) is 3.13. The molecule has 200 valence electrons. The highest BCUT2D eigenvalue weighted by Gasteiger charge is 2.28. The van der Waals surface area contributed by atoms with Crippen molar-refractivity contribution in [3.05, 3.63) is 95.7 Å². The number of rotatable bonds is 4. The number of amides is 1. The molecule has 3 aromatic carbocycles. The Morgan fingerprint density at radius 3 is 2.38 bits per heavy atom. The number of nitrogens with zero attached hydrogens (tertiary/aromatic N) is 4. The second kappa shape index (κ2) is 10.9. The molecule has 2 aliphatic rings. The molecule has 1 atom stereocenters. The Balaban J connectivity index is 1.27. The summed E-state index contributed by atoms with van der Waals surface area (Å²) in [6.45, 7) is 2.23. The molecule has 1 fully saturated rings. The van der Waals surface area contributed by atoms with Crippen molar-refractivity contribution in [1.82, 2.24) is 15.3 Å². The van der Waals surface area contributed by atoms with Crippen LogP contribution in [0.1, 0.15) is 16.8 Å². The van der Waals surface area contributed by atoms with Crippen LogP contribution in [0.2, 0.25) is 0 Å². The lowest BCUT2D eigenvalue weighted by Crippen LogP contribution is -2.44.